The second kappa shape index (κ2) is 9.65. The largest absolute Gasteiger partial charge is 0.312 e. The molecule has 0 saturated heterocycles. The second-order valence-electron chi connectivity index (χ2n) is 8.00. The molecular formula is C28H17IrN2O3S2-. The first-order valence-electron chi connectivity index (χ1n) is 10.8. The number of hydrogen-bond donors (Lipinski definition) is 1. The third kappa shape index (κ3) is 4.39. The van der Waals surface area contributed by atoms with Gasteiger partial charge >= 0.3 is 10.1 Å². The van der Waals surface area contributed by atoms with E-state index in [0.717, 1.165) is 16.8 Å². The molecule has 0 fully saturated rings. The van der Waals surface area contributed by atoms with Gasteiger partial charge in [0.2, 0.25) is 0 Å². The predicted octanol–water partition coefficient (Wildman–Crippen LogP) is 6.88. The van der Waals surface area contributed by atoms with E-state index in [-0.39, 0.29) is 25.1 Å². The molecule has 179 valence electrons. The molecule has 0 saturated carbocycles. The molecule has 3 heterocycles. The number of hydrogen-bond acceptors (Lipinski definition) is 5. The van der Waals surface area contributed by atoms with Crippen LogP contribution in [0.4, 0.5) is 0 Å². The van der Waals surface area contributed by atoms with E-state index < -0.39 is 10.1 Å². The van der Waals surface area contributed by atoms with Crippen molar-refractivity contribution in [2.24, 2.45) is 0 Å². The zero-order valence-corrected chi connectivity index (χ0v) is 22.6. The van der Waals surface area contributed by atoms with E-state index in [1.54, 1.807) is 6.07 Å². The number of pyridine rings is 2. The fourth-order valence-electron chi connectivity index (χ4n) is 4.34. The summed E-state index contributed by atoms with van der Waals surface area (Å²) in [5.41, 5.74) is 5.66. The Kier molecular flexibility index (Phi) is 6.55. The van der Waals surface area contributed by atoms with E-state index in [2.05, 4.69) is 77.8 Å². The predicted molar refractivity (Wildman–Crippen MR) is 142 cm³/mol. The summed E-state index contributed by atoms with van der Waals surface area (Å²) in [6, 6.07) is 29.0. The van der Waals surface area contributed by atoms with Crippen molar-refractivity contribution in [2.45, 2.75) is 5.03 Å². The van der Waals surface area contributed by atoms with E-state index in [1.165, 1.54) is 55.0 Å². The van der Waals surface area contributed by atoms with Gasteiger partial charge in [-0.2, -0.15) is 19.8 Å². The van der Waals surface area contributed by atoms with E-state index in [1.807, 2.05) is 17.4 Å². The summed E-state index contributed by atoms with van der Waals surface area (Å²) in [7, 11) is -4.11. The first kappa shape index (κ1) is 24.4. The van der Waals surface area contributed by atoms with Crippen LogP contribution < -0.4 is 0 Å². The molecule has 5 nitrogen and oxygen atoms in total. The van der Waals surface area contributed by atoms with E-state index >= 15 is 0 Å². The number of nitrogens with zero attached hydrogens (tertiary/aromatic N) is 2. The number of thiophene rings is 1. The Morgan fingerprint density at radius 1 is 0.833 bits per heavy atom. The Morgan fingerprint density at radius 3 is 2.42 bits per heavy atom. The minimum atomic E-state index is -4.11. The molecule has 1 aliphatic rings. The van der Waals surface area contributed by atoms with Crippen molar-refractivity contribution < 1.29 is 33.1 Å². The maximum absolute atomic E-state index is 10.3. The molecule has 0 spiro atoms. The van der Waals surface area contributed by atoms with Crippen molar-refractivity contribution in [1.82, 2.24) is 9.97 Å². The molecule has 6 aromatic rings. The van der Waals surface area contributed by atoms with Crippen molar-refractivity contribution >= 4 is 64.7 Å². The van der Waals surface area contributed by atoms with Crippen LogP contribution in [-0.2, 0) is 30.2 Å². The van der Waals surface area contributed by atoms with Gasteiger partial charge in [0.05, 0.1) is 5.52 Å². The van der Waals surface area contributed by atoms with Crippen LogP contribution in [0.2, 0.25) is 0 Å². The number of fused-ring (bicyclic) bond motifs is 3. The van der Waals surface area contributed by atoms with Gasteiger partial charge in [-0.05, 0) is 51.2 Å². The second-order valence-corrected chi connectivity index (χ2v) is 10.5. The van der Waals surface area contributed by atoms with Crippen LogP contribution in [0.1, 0.15) is 11.1 Å². The molecule has 0 aliphatic heterocycles. The van der Waals surface area contributed by atoms with Crippen molar-refractivity contribution in [2.75, 3.05) is 0 Å². The zero-order valence-electron chi connectivity index (χ0n) is 18.5. The normalized spacial score (nSPS) is 11.9. The van der Waals surface area contributed by atoms with Gasteiger partial charge in [0, 0.05) is 36.4 Å². The average Bonchev–Trinajstić information content (AvgIpc) is 3.47. The number of aromatic nitrogens is 2. The Bertz CT molecular complexity index is 1880. The summed E-state index contributed by atoms with van der Waals surface area (Å²) in [6.45, 7) is 0. The van der Waals surface area contributed by atoms with E-state index in [4.69, 9.17) is 9.54 Å². The molecule has 0 bridgehead atoms. The van der Waals surface area contributed by atoms with Gasteiger partial charge in [0.25, 0.3) is 0 Å². The van der Waals surface area contributed by atoms with Crippen molar-refractivity contribution in [1.29, 1.82) is 0 Å². The van der Waals surface area contributed by atoms with Crippen LogP contribution >= 0.6 is 11.3 Å². The van der Waals surface area contributed by atoms with Crippen molar-refractivity contribution in [3.63, 3.8) is 0 Å². The number of rotatable bonds is 2. The van der Waals surface area contributed by atoms with Crippen LogP contribution in [0.5, 0.6) is 0 Å². The van der Waals surface area contributed by atoms with Gasteiger partial charge in [0.1, 0.15) is 0 Å². The molecule has 3 aromatic heterocycles. The van der Waals surface area contributed by atoms with E-state index in [9.17, 15) is 8.42 Å². The molecule has 7 rings (SSSR count). The molecule has 0 atom stereocenters. The molecule has 0 amide bonds. The van der Waals surface area contributed by atoms with Crippen LogP contribution in [0.25, 0.3) is 54.5 Å². The summed E-state index contributed by atoms with van der Waals surface area (Å²) in [5.74, 6) is 0. The molecule has 0 unspecified atom stereocenters. The standard InChI is InChI=1S/C23H12NS.C5H5NO3S.Ir/c1-2-9-20-17(6-1)23-16(7-4-10-21(23)25-20)19-13-15-12-11-14-5-3-8-18(24-19)22(14)15;7-10(8,9)5-3-1-2-4-6-5;/h1-6,8-13H;1-4H,(H,7,8,9);/q-1;;. The van der Waals surface area contributed by atoms with Gasteiger partial charge in [-0.3, -0.25) is 9.54 Å². The molecule has 36 heavy (non-hydrogen) atoms. The summed E-state index contributed by atoms with van der Waals surface area (Å²) in [5, 5.41) is 3.49. The Hall–Kier alpha value is -3.26. The molecule has 1 N–H and O–H groups in total. The third-order valence-electron chi connectivity index (χ3n) is 5.83. The van der Waals surface area contributed by atoms with Crippen molar-refractivity contribution in [3.05, 3.63) is 102 Å². The number of benzene rings is 3. The summed E-state index contributed by atoms with van der Waals surface area (Å²) in [6.07, 6.45) is 5.66. The minimum Gasteiger partial charge on any atom is -0.296 e. The Labute approximate surface area is 225 Å². The molecule has 3 aromatic carbocycles. The maximum Gasteiger partial charge on any atom is 0.312 e. The van der Waals surface area contributed by atoms with Crippen molar-refractivity contribution in [3.8, 4) is 11.3 Å². The van der Waals surface area contributed by atoms with Gasteiger partial charge in [-0.25, -0.2) is 4.98 Å². The summed E-state index contributed by atoms with van der Waals surface area (Å²) >= 11 is 1.83. The zero-order chi connectivity index (χ0) is 24.0. The van der Waals surface area contributed by atoms with Crippen LogP contribution in [0.15, 0.2) is 90.1 Å². The quantitative estimate of drug-likeness (QED) is 0.159. The summed E-state index contributed by atoms with van der Waals surface area (Å²) < 4.78 is 31.7. The van der Waals surface area contributed by atoms with Gasteiger partial charge in [-0.15, -0.1) is 23.8 Å². The van der Waals surface area contributed by atoms with Crippen LogP contribution in [0.3, 0.4) is 0 Å². The molecule has 1 radical (unpaired) electrons. The molecule has 1 aliphatic carbocycles. The maximum atomic E-state index is 10.3. The Balaban J connectivity index is 0.000000207. The van der Waals surface area contributed by atoms with Crippen LogP contribution in [-0.4, -0.2) is 22.9 Å². The molecular weight excluding hydrogens is 669 g/mol. The van der Waals surface area contributed by atoms with Gasteiger partial charge < -0.3 is 0 Å². The van der Waals surface area contributed by atoms with Crippen LogP contribution in [0, 0.1) is 6.07 Å². The fraction of sp³-hybridized carbons (Fsp3) is 0. The monoisotopic (exact) mass is 686 g/mol. The topological polar surface area (TPSA) is 80.2 Å². The smallest absolute Gasteiger partial charge is 0.296 e. The first-order valence-corrected chi connectivity index (χ1v) is 13.1. The Morgan fingerprint density at radius 2 is 1.64 bits per heavy atom. The first-order chi connectivity index (χ1) is 17.0. The fourth-order valence-corrected chi connectivity index (χ4v) is 5.90. The SMILES string of the molecule is O=S(=O)(O)c1ccccn1.[Ir].[c-]1ccc2sc3ccccc3c2c1-c1cc2c3c(cccc3n1)C=C2. The molecule has 8 heteroatoms. The van der Waals surface area contributed by atoms with Gasteiger partial charge in [-0.1, -0.05) is 60.0 Å². The van der Waals surface area contributed by atoms with Gasteiger partial charge in [0.15, 0.2) is 5.03 Å². The average molecular weight is 686 g/mol. The third-order valence-corrected chi connectivity index (χ3v) is 7.74. The minimum absolute atomic E-state index is 0. The summed E-state index contributed by atoms with van der Waals surface area (Å²) in [4.78, 5) is 8.39. The van der Waals surface area contributed by atoms with E-state index in [0.29, 0.717) is 0 Å².